The zero-order valence-corrected chi connectivity index (χ0v) is 28.4. The van der Waals surface area contributed by atoms with Crippen LogP contribution in [0.25, 0.3) is 0 Å². The van der Waals surface area contributed by atoms with Crippen LogP contribution in [0.3, 0.4) is 0 Å². The summed E-state index contributed by atoms with van der Waals surface area (Å²) in [5.74, 6) is -0.0515. The van der Waals surface area contributed by atoms with E-state index in [1.54, 1.807) is 18.2 Å². The van der Waals surface area contributed by atoms with E-state index in [0.717, 1.165) is 73.9 Å². The number of sulfonamides is 1. The van der Waals surface area contributed by atoms with Gasteiger partial charge in [0.05, 0.1) is 10.9 Å². The number of fused-ring (bicyclic) bond motifs is 3. The highest BCUT2D eigenvalue weighted by Crippen LogP contribution is 2.42. The van der Waals surface area contributed by atoms with Gasteiger partial charge in [0.1, 0.15) is 18.6 Å². The van der Waals surface area contributed by atoms with Crippen LogP contribution in [0.2, 0.25) is 5.02 Å². The summed E-state index contributed by atoms with van der Waals surface area (Å²) in [6, 6.07) is 20.5. The molecule has 1 aliphatic carbocycles. The second kappa shape index (κ2) is 14.7. The van der Waals surface area contributed by atoms with Gasteiger partial charge in [-0.25, -0.2) is 13.1 Å². The van der Waals surface area contributed by atoms with Crippen molar-refractivity contribution in [2.45, 2.75) is 63.7 Å². The van der Waals surface area contributed by atoms with Crippen molar-refractivity contribution in [1.29, 1.82) is 0 Å². The molecule has 0 spiro atoms. The lowest BCUT2D eigenvalue weighted by Crippen LogP contribution is -2.43. The molecule has 3 aliphatic rings. The molecule has 6 rings (SSSR count). The number of amides is 1. The molecule has 0 radical (unpaired) electrons. The molecule has 2 aliphatic heterocycles. The first kappa shape index (κ1) is 33.3. The molecule has 0 aromatic heterocycles. The number of hydrogen-bond donors (Lipinski definition) is 1. The van der Waals surface area contributed by atoms with E-state index in [2.05, 4.69) is 9.62 Å². The molecule has 248 valence electrons. The summed E-state index contributed by atoms with van der Waals surface area (Å²) in [4.78, 5) is 28.4. The lowest BCUT2D eigenvalue weighted by Gasteiger charge is -2.43. The van der Waals surface area contributed by atoms with Gasteiger partial charge in [0.15, 0.2) is 0 Å². The van der Waals surface area contributed by atoms with Gasteiger partial charge >= 0.3 is 0 Å². The van der Waals surface area contributed by atoms with Gasteiger partial charge in [-0.2, -0.15) is 0 Å². The summed E-state index contributed by atoms with van der Waals surface area (Å²) >= 11 is 6.34. The summed E-state index contributed by atoms with van der Waals surface area (Å²) in [6.07, 6.45) is 10.4. The maximum absolute atomic E-state index is 13.9. The first-order chi connectivity index (χ1) is 22.7. The number of rotatable bonds is 3. The lowest BCUT2D eigenvalue weighted by atomic mass is 9.67. The van der Waals surface area contributed by atoms with E-state index in [-0.39, 0.29) is 29.7 Å². The Morgan fingerprint density at radius 2 is 1.85 bits per heavy atom. The fourth-order valence-corrected chi connectivity index (χ4v) is 9.17. The number of halogens is 1. The van der Waals surface area contributed by atoms with Crippen LogP contribution >= 0.6 is 11.6 Å². The maximum atomic E-state index is 13.9. The van der Waals surface area contributed by atoms with Gasteiger partial charge in [-0.15, -0.1) is 0 Å². The molecule has 1 fully saturated rings. The Morgan fingerprint density at radius 1 is 1.02 bits per heavy atom. The average molecular weight is 675 g/mol. The van der Waals surface area contributed by atoms with Crippen molar-refractivity contribution >= 4 is 39.5 Å². The van der Waals surface area contributed by atoms with Gasteiger partial charge in [-0.05, 0) is 110 Å². The summed E-state index contributed by atoms with van der Waals surface area (Å²) < 4.78 is 36.8. The van der Waals surface area contributed by atoms with Crippen molar-refractivity contribution in [3.05, 3.63) is 106 Å². The molecule has 0 unspecified atom stereocenters. The molecule has 3 aromatic carbocycles. The normalized spacial score (nSPS) is 27.0. The van der Waals surface area contributed by atoms with E-state index in [9.17, 15) is 18.0 Å². The van der Waals surface area contributed by atoms with Gasteiger partial charge in [-0.3, -0.25) is 4.79 Å². The standard InChI is InChI=1S/C38H43ClN2O5S/c1-26-8-7-12-31(24-42)34-17-14-30(34)23-41-19-6-5-11-28-21-33(39)16-13-32(28)25-46-36-18-15-29(22-35(36)41)38(43)40-47(44,45)37(26)20-27-9-3-2-4-10-27/h2-4,7,9-10,12-13,15-16,18,21-22,24,26,30-31,34,37H,5-6,8,11,14,17,19-20,23,25H2,1H3,(H,40,43)/b12-7+/t26-,30-,31+,34+,37-/m0/s1. The monoisotopic (exact) mass is 674 g/mol. The Hall–Kier alpha value is -3.62. The van der Waals surface area contributed by atoms with Crippen LogP contribution in [-0.2, 0) is 34.3 Å². The molecule has 1 amide bonds. The van der Waals surface area contributed by atoms with Crippen LogP contribution in [0.4, 0.5) is 5.69 Å². The van der Waals surface area contributed by atoms with Gasteiger partial charge in [0.25, 0.3) is 5.91 Å². The van der Waals surface area contributed by atoms with E-state index >= 15 is 0 Å². The number of benzene rings is 3. The van der Waals surface area contributed by atoms with Gasteiger partial charge < -0.3 is 14.4 Å². The van der Waals surface area contributed by atoms with E-state index in [4.69, 9.17) is 16.3 Å². The van der Waals surface area contributed by atoms with Gasteiger partial charge in [0.2, 0.25) is 10.0 Å². The third-order valence-electron chi connectivity index (χ3n) is 10.2. The van der Waals surface area contributed by atoms with Crippen LogP contribution < -0.4 is 14.4 Å². The highest BCUT2D eigenvalue weighted by Gasteiger charge is 2.38. The van der Waals surface area contributed by atoms with Crippen molar-refractivity contribution in [3.8, 4) is 5.75 Å². The predicted octanol–water partition coefficient (Wildman–Crippen LogP) is 7.17. The first-order valence-corrected chi connectivity index (χ1v) is 18.6. The molecule has 2 bridgehead atoms. The number of nitrogens with zero attached hydrogens (tertiary/aromatic N) is 1. The number of ether oxygens (including phenoxy) is 1. The number of aryl methyl sites for hydroxylation is 1. The fourth-order valence-electron chi connectivity index (χ4n) is 7.31. The average Bonchev–Trinajstić information content (AvgIpc) is 3.07. The van der Waals surface area contributed by atoms with E-state index in [0.29, 0.717) is 29.7 Å². The summed E-state index contributed by atoms with van der Waals surface area (Å²) in [7, 11) is -4.08. The minimum atomic E-state index is -4.08. The number of hydrogen-bond acceptors (Lipinski definition) is 6. The number of carbonyl (C=O) groups excluding carboxylic acids is 2. The van der Waals surface area contributed by atoms with Crippen LogP contribution in [0, 0.1) is 23.7 Å². The third kappa shape index (κ3) is 7.76. The van der Waals surface area contributed by atoms with Crippen molar-refractivity contribution in [1.82, 2.24) is 4.72 Å². The fraction of sp³-hybridized carbons (Fsp3) is 0.421. The molecule has 2 heterocycles. The smallest absolute Gasteiger partial charge is 0.264 e. The van der Waals surface area contributed by atoms with E-state index in [1.165, 1.54) is 0 Å². The zero-order valence-electron chi connectivity index (χ0n) is 26.8. The molecule has 0 saturated heterocycles. The van der Waals surface area contributed by atoms with Crippen LogP contribution in [0.15, 0.2) is 78.9 Å². The molecule has 5 atom stereocenters. The molecule has 7 nitrogen and oxygen atoms in total. The third-order valence-corrected chi connectivity index (χ3v) is 12.4. The quantitative estimate of drug-likeness (QED) is 0.234. The summed E-state index contributed by atoms with van der Waals surface area (Å²) in [5, 5.41) is -0.156. The molecular formula is C38H43ClN2O5S. The number of carbonyl (C=O) groups is 2. The second-order valence-electron chi connectivity index (χ2n) is 13.3. The Labute approximate surface area is 283 Å². The van der Waals surface area contributed by atoms with E-state index < -0.39 is 21.2 Å². The number of allylic oxidation sites excluding steroid dienone is 2. The van der Waals surface area contributed by atoms with Crippen molar-refractivity contribution in [2.24, 2.45) is 23.7 Å². The predicted molar refractivity (Wildman–Crippen MR) is 186 cm³/mol. The maximum Gasteiger partial charge on any atom is 0.264 e. The molecule has 3 aromatic rings. The Kier molecular flexibility index (Phi) is 10.4. The molecular weight excluding hydrogens is 632 g/mol. The Bertz CT molecular complexity index is 1730. The number of nitrogens with one attached hydrogen (secondary N) is 1. The SMILES string of the molecule is C[C@H]1C/C=C/[C@H](C=O)[C@@H]2CC[C@H]2CN2CCCCc3cc(Cl)ccc3COc3ccc(cc32)C(=O)NS(=O)(=O)[C@H]1Cc1ccccc1. The number of aldehydes is 1. The largest absolute Gasteiger partial charge is 0.487 e. The molecule has 47 heavy (non-hydrogen) atoms. The number of anilines is 1. The van der Waals surface area contributed by atoms with E-state index in [1.807, 2.05) is 67.6 Å². The second-order valence-corrected chi connectivity index (χ2v) is 15.7. The topological polar surface area (TPSA) is 92.8 Å². The van der Waals surface area contributed by atoms with Crippen molar-refractivity contribution < 1.29 is 22.7 Å². The lowest BCUT2D eigenvalue weighted by molar-refractivity contribution is -0.112. The Balaban J connectivity index is 1.39. The highest BCUT2D eigenvalue weighted by molar-refractivity contribution is 7.90. The van der Waals surface area contributed by atoms with Crippen LogP contribution in [0.5, 0.6) is 5.75 Å². The Morgan fingerprint density at radius 3 is 2.62 bits per heavy atom. The van der Waals surface area contributed by atoms with Crippen molar-refractivity contribution in [3.63, 3.8) is 0 Å². The van der Waals surface area contributed by atoms with Gasteiger partial charge in [0, 0.05) is 29.6 Å². The summed E-state index contributed by atoms with van der Waals surface area (Å²) in [6.45, 7) is 3.69. The van der Waals surface area contributed by atoms with Crippen LogP contribution in [0.1, 0.15) is 66.1 Å². The minimum Gasteiger partial charge on any atom is -0.487 e. The van der Waals surface area contributed by atoms with Crippen molar-refractivity contribution in [2.75, 3.05) is 18.0 Å². The highest BCUT2D eigenvalue weighted by atomic mass is 35.5. The van der Waals surface area contributed by atoms with Crippen LogP contribution in [-0.4, -0.2) is 39.0 Å². The molecule has 9 heteroatoms. The van der Waals surface area contributed by atoms with Gasteiger partial charge in [-0.1, -0.05) is 67.1 Å². The summed E-state index contributed by atoms with van der Waals surface area (Å²) in [5.41, 5.74) is 4.13. The first-order valence-electron chi connectivity index (χ1n) is 16.7. The minimum absolute atomic E-state index is 0.205. The zero-order chi connectivity index (χ0) is 33.0. The molecule has 1 N–H and O–H groups in total. The molecule has 1 saturated carbocycles.